The minimum absolute atomic E-state index is 0.0260. The fourth-order valence-electron chi connectivity index (χ4n) is 4.27. The molecule has 0 aromatic heterocycles. The SMILES string of the molecule is CCCCCCCCCCCCCCCCCOCC(O)COC(=O)CC(C[N+](C)(C)C)OC(C)=O. The summed E-state index contributed by atoms with van der Waals surface area (Å²) in [6, 6.07) is 0. The molecule has 2 unspecified atom stereocenters. The Morgan fingerprint density at radius 1 is 0.750 bits per heavy atom. The van der Waals surface area contributed by atoms with Crippen molar-refractivity contribution in [2.75, 3.05) is 47.5 Å². The van der Waals surface area contributed by atoms with Crippen molar-refractivity contribution in [2.45, 2.75) is 129 Å². The van der Waals surface area contributed by atoms with Crippen LogP contribution < -0.4 is 0 Å². The van der Waals surface area contributed by atoms with Gasteiger partial charge in [0.05, 0.1) is 34.2 Å². The van der Waals surface area contributed by atoms with E-state index in [2.05, 4.69) is 6.92 Å². The Balaban J connectivity index is 3.57. The van der Waals surface area contributed by atoms with E-state index in [0.29, 0.717) is 17.6 Å². The minimum Gasteiger partial charge on any atom is -0.463 e. The average molecular weight is 517 g/mol. The lowest BCUT2D eigenvalue weighted by Gasteiger charge is -2.28. The second-order valence-corrected chi connectivity index (χ2v) is 11.3. The smallest absolute Gasteiger partial charge is 0.309 e. The Hall–Kier alpha value is -1.18. The zero-order valence-electron chi connectivity index (χ0n) is 24.2. The molecule has 0 fully saturated rings. The van der Waals surface area contributed by atoms with Gasteiger partial charge in [0.25, 0.3) is 0 Å². The maximum Gasteiger partial charge on any atom is 0.309 e. The number of unbranched alkanes of at least 4 members (excludes halogenated alkanes) is 14. The lowest BCUT2D eigenvalue weighted by Crippen LogP contribution is -2.43. The van der Waals surface area contributed by atoms with Gasteiger partial charge in [-0.3, -0.25) is 9.59 Å². The van der Waals surface area contributed by atoms with Crippen molar-refractivity contribution in [3.8, 4) is 0 Å². The van der Waals surface area contributed by atoms with Crippen LogP contribution in [0.15, 0.2) is 0 Å². The van der Waals surface area contributed by atoms with Gasteiger partial charge in [0.15, 0.2) is 6.10 Å². The van der Waals surface area contributed by atoms with Gasteiger partial charge in [-0.25, -0.2) is 0 Å². The highest BCUT2D eigenvalue weighted by molar-refractivity contribution is 5.71. The normalized spacial score (nSPS) is 13.4. The van der Waals surface area contributed by atoms with E-state index in [1.165, 1.54) is 90.4 Å². The molecule has 0 saturated heterocycles. The van der Waals surface area contributed by atoms with Crippen molar-refractivity contribution in [1.29, 1.82) is 0 Å². The number of nitrogens with zero attached hydrogens (tertiary/aromatic N) is 1. The lowest BCUT2D eigenvalue weighted by atomic mass is 10.0. The molecule has 0 rings (SSSR count). The zero-order valence-corrected chi connectivity index (χ0v) is 24.2. The van der Waals surface area contributed by atoms with Gasteiger partial charge in [-0.15, -0.1) is 0 Å². The summed E-state index contributed by atoms with van der Waals surface area (Å²) in [6.45, 7) is 4.74. The molecule has 1 N–H and O–H groups in total. The van der Waals surface area contributed by atoms with Crippen LogP contribution in [0.2, 0.25) is 0 Å². The molecule has 0 aromatic carbocycles. The van der Waals surface area contributed by atoms with Crippen LogP contribution in [0.1, 0.15) is 117 Å². The Bertz CT molecular complexity index is 534. The average Bonchev–Trinajstić information content (AvgIpc) is 2.78. The standard InChI is InChI=1S/C29H58NO6/c1-6-7-8-9-10-11-12-13-14-15-16-17-18-19-20-21-34-24-27(32)25-35-29(33)22-28(36-26(2)31)23-30(3,4)5/h27-28,32H,6-25H2,1-5H3/q+1. The molecule has 0 aromatic rings. The van der Waals surface area contributed by atoms with E-state index >= 15 is 0 Å². The van der Waals surface area contributed by atoms with Crippen molar-refractivity contribution in [3.63, 3.8) is 0 Å². The molecular weight excluding hydrogens is 458 g/mol. The molecule has 0 saturated carbocycles. The predicted octanol–water partition coefficient (Wildman–Crippen LogP) is 5.81. The van der Waals surface area contributed by atoms with Gasteiger partial charge in [-0.2, -0.15) is 0 Å². The molecule has 0 bridgehead atoms. The minimum atomic E-state index is -0.851. The zero-order chi connectivity index (χ0) is 27.1. The number of carbonyl (C=O) groups is 2. The monoisotopic (exact) mass is 516 g/mol. The number of quaternary nitrogens is 1. The first-order chi connectivity index (χ1) is 17.1. The molecule has 36 heavy (non-hydrogen) atoms. The third kappa shape index (κ3) is 25.9. The summed E-state index contributed by atoms with van der Waals surface area (Å²) >= 11 is 0. The highest BCUT2D eigenvalue weighted by Crippen LogP contribution is 2.13. The van der Waals surface area contributed by atoms with Crippen molar-refractivity contribution in [1.82, 2.24) is 0 Å². The van der Waals surface area contributed by atoms with Crippen LogP contribution in [0.25, 0.3) is 0 Å². The van der Waals surface area contributed by atoms with Crippen LogP contribution in [-0.4, -0.2) is 81.2 Å². The highest BCUT2D eigenvalue weighted by atomic mass is 16.6. The summed E-state index contributed by atoms with van der Waals surface area (Å²) in [7, 11) is 5.88. The number of ether oxygens (including phenoxy) is 3. The van der Waals surface area contributed by atoms with Gasteiger partial charge < -0.3 is 23.8 Å². The summed E-state index contributed by atoms with van der Waals surface area (Å²) < 4.78 is 16.5. The van der Waals surface area contributed by atoms with Crippen LogP contribution in [0.3, 0.4) is 0 Å². The third-order valence-electron chi connectivity index (χ3n) is 6.12. The summed E-state index contributed by atoms with van der Waals surface area (Å²) in [4.78, 5) is 23.4. The van der Waals surface area contributed by atoms with Gasteiger partial charge >= 0.3 is 11.9 Å². The maximum atomic E-state index is 12.1. The molecule has 214 valence electrons. The van der Waals surface area contributed by atoms with Crippen LogP contribution in [0, 0.1) is 0 Å². The summed E-state index contributed by atoms with van der Waals surface area (Å²) in [6.07, 6.45) is 18.5. The van der Waals surface area contributed by atoms with E-state index in [-0.39, 0.29) is 19.6 Å². The number of rotatable bonds is 25. The van der Waals surface area contributed by atoms with Crippen LogP contribution in [0.5, 0.6) is 0 Å². The third-order valence-corrected chi connectivity index (χ3v) is 6.12. The van der Waals surface area contributed by atoms with E-state index < -0.39 is 24.1 Å². The fraction of sp³-hybridized carbons (Fsp3) is 0.931. The molecule has 0 aliphatic heterocycles. The van der Waals surface area contributed by atoms with E-state index in [4.69, 9.17) is 14.2 Å². The highest BCUT2D eigenvalue weighted by Gasteiger charge is 2.25. The predicted molar refractivity (Wildman–Crippen MR) is 146 cm³/mol. The topological polar surface area (TPSA) is 82.1 Å². The van der Waals surface area contributed by atoms with Gasteiger partial charge in [0.1, 0.15) is 19.3 Å². The molecule has 7 heteroatoms. The van der Waals surface area contributed by atoms with Crippen molar-refractivity contribution >= 4 is 11.9 Å². The number of carbonyl (C=O) groups excluding carboxylic acids is 2. The Morgan fingerprint density at radius 2 is 1.22 bits per heavy atom. The first kappa shape index (κ1) is 34.8. The number of aliphatic hydroxyl groups excluding tert-OH is 1. The summed E-state index contributed by atoms with van der Waals surface area (Å²) in [5, 5.41) is 10.00. The van der Waals surface area contributed by atoms with E-state index in [1.807, 2.05) is 21.1 Å². The van der Waals surface area contributed by atoms with Gasteiger partial charge in [0, 0.05) is 13.5 Å². The Labute approximate surface area is 221 Å². The van der Waals surface area contributed by atoms with E-state index in [9.17, 15) is 14.7 Å². The molecule has 7 nitrogen and oxygen atoms in total. The summed E-state index contributed by atoms with van der Waals surface area (Å²) in [5.41, 5.74) is 0. The van der Waals surface area contributed by atoms with Crippen molar-refractivity contribution < 1.29 is 33.4 Å². The van der Waals surface area contributed by atoms with E-state index in [1.54, 1.807) is 0 Å². The fourth-order valence-corrected chi connectivity index (χ4v) is 4.27. The Morgan fingerprint density at radius 3 is 1.67 bits per heavy atom. The molecule has 0 aliphatic carbocycles. The lowest BCUT2D eigenvalue weighted by molar-refractivity contribution is -0.873. The number of hydrogen-bond acceptors (Lipinski definition) is 6. The molecule has 0 heterocycles. The molecule has 0 radical (unpaired) electrons. The van der Waals surface area contributed by atoms with Crippen LogP contribution >= 0.6 is 0 Å². The molecular formula is C29H58NO6+. The quantitative estimate of drug-likeness (QED) is 0.0937. The van der Waals surface area contributed by atoms with Crippen molar-refractivity contribution in [3.05, 3.63) is 0 Å². The molecule has 0 spiro atoms. The number of hydrogen-bond donors (Lipinski definition) is 1. The first-order valence-electron chi connectivity index (χ1n) is 14.5. The second-order valence-electron chi connectivity index (χ2n) is 11.3. The largest absolute Gasteiger partial charge is 0.463 e. The first-order valence-corrected chi connectivity index (χ1v) is 14.5. The Kier molecular flexibility index (Phi) is 22.2. The maximum absolute atomic E-state index is 12.1. The number of aliphatic hydroxyl groups is 1. The van der Waals surface area contributed by atoms with Gasteiger partial charge in [0.2, 0.25) is 0 Å². The van der Waals surface area contributed by atoms with Crippen molar-refractivity contribution in [2.24, 2.45) is 0 Å². The van der Waals surface area contributed by atoms with Gasteiger partial charge in [-0.05, 0) is 6.42 Å². The summed E-state index contributed by atoms with van der Waals surface area (Å²) in [5.74, 6) is -0.912. The molecule has 2 atom stereocenters. The molecule has 0 aliphatic rings. The number of esters is 2. The van der Waals surface area contributed by atoms with Crippen LogP contribution in [-0.2, 0) is 23.8 Å². The number of likely N-dealkylation sites (N-methyl/N-ethyl adjacent to an activating group) is 1. The van der Waals surface area contributed by atoms with E-state index in [0.717, 1.165) is 12.8 Å². The molecule has 0 amide bonds. The van der Waals surface area contributed by atoms with Crippen LogP contribution in [0.4, 0.5) is 0 Å². The van der Waals surface area contributed by atoms with Gasteiger partial charge in [-0.1, -0.05) is 96.8 Å². The second kappa shape index (κ2) is 23.0.